The van der Waals surface area contributed by atoms with Gasteiger partial charge in [-0.2, -0.15) is 18.5 Å². The molecule has 0 spiro atoms. The van der Waals surface area contributed by atoms with E-state index >= 15 is 0 Å². The molecule has 0 saturated carbocycles. The van der Waals surface area contributed by atoms with Gasteiger partial charge in [-0.3, -0.25) is 9.35 Å². The summed E-state index contributed by atoms with van der Waals surface area (Å²) in [5.41, 5.74) is 0.240. The monoisotopic (exact) mass is 396 g/mol. The van der Waals surface area contributed by atoms with Crippen molar-refractivity contribution in [1.82, 2.24) is 0 Å². The van der Waals surface area contributed by atoms with Crippen LogP contribution in [0.15, 0.2) is 31.1 Å². The van der Waals surface area contributed by atoms with Crippen LogP contribution in [0, 0.1) is 0 Å². The number of nitrogens with zero attached hydrogens (tertiary/aromatic N) is 2. The van der Waals surface area contributed by atoms with Gasteiger partial charge in [0.15, 0.2) is 0 Å². The minimum absolute atomic E-state index is 0.0757. The van der Waals surface area contributed by atoms with Crippen LogP contribution in [0.2, 0.25) is 0 Å². The second-order valence-corrected chi connectivity index (χ2v) is 6.43. The Hall–Kier alpha value is -0.770. The van der Waals surface area contributed by atoms with Gasteiger partial charge < -0.3 is 0 Å². The molecule has 6 nitrogen and oxygen atoms in total. The molecule has 1 aliphatic rings. The molecule has 0 saturated heterocycles. The topological polar surface area (TPSA) is 87.0 Å². The number of benzene rings is 1. The molecule has 0 bridgehead atoms. The van der Waals surface area contributed by atoms with E-state index in [1.54, 1.807) is 0 Å². The van der Waals surface area contributed by atoms with E-state index in [1.807, 2.05) is 0 Å². The average Bonchev–Trinajstić information content (AvgIpc) is 2.63. The third-order valence-corrected chi connectivity index (χ3v) is 4.82. The van der Waals surface area contributed by atoms with Crippen LogP contribution in [0.4, 0.5) is 5.69 Å². The number of hydrogen-bond donors (Lipinski definition) is 1. The van der Waals surface area contributed by atoms with Crippen LogP contribution in [0.5, 0.6) is 0 Å². The standard InChI is InChI=1S/C9H6Br2N2O4S/c10-5-1-2-6(18(15,16)17)8(11)9(5)13-7(14)3-4-12-13/h1-2,4H,3H2,(H,15,16,17). The predicted molar refractivity (Wildman–Crippen MR) is 72.3 cm³/mol. The van der Waals surface area contributed by atoms with E-state index in [1.165, 1.54) is 18.3 Å². The van der Waals surface area contributed by atoms with Crippen LogP contribution in [-0.2, 0) is 14.9 Å². The number of rotatable bonds is 2. The third kappa shape index (κ3) is 2.35. The number of hydrazone groups is 1. The highest BCUT2D eigenvalue weighted by atomic mass is 79.9. The molecule has 0 aliphatic carbocycles. The summed E-state index contributed by atoms with van der Waals surface area (Å²) in [5.74, 6) is -0.288. The molecule has 0 aromatic heterocycles. The van der Waals surface area contributed by atoms with Crippen molar-refractivity contribution >= 4 is 59.8 Å². The second-order valence-electron chi connectivity index (χ2n) is 3.39. The minimum atomic E-state index is -4.38. The van der Waals surface area contributed by atoms with Crippen LogP contribution in [0.25, 0.3) is 0 Å². The summed E-state index contributed by atoms with van der Waals surface area (Å²) in [7, 11) is -4.38. The molecule has 1 aliphatic heterocycles. The number of halogens is 2. The van der Waals surface area contributed by atoms with E-state index in [4.69, 9.17) is 4.55 Å². The largest absolute Gasteiger partial charge is 0.295 e. The van der Waals surface area contributed by atoms with Crippen LogP contribution >= 0.6 is 31.9 Å². The van der Waals surface area contributed by atoms with Crippen LogP contribution in [-0.4, -0.2) is 25.1 Å². The lowest BCUT2D eigenvalue weighted by atomic mass is 10.3. The fourth-order valence-corrected chi connectivity index (χ4v) is 3.90. The molecule has 1 amide bonds. The Labute approximate surface area is 120 Å². The van der Waals surface area contributed by atoms with Gasteiger partial charge in [0.25, 0.3) is 16.0 Å². The lowest BCUT2D eigenvalue weighted by Gasteiger charge is -2.17. The van der Waals surface area contributed by atoms with E-state index in [0.29, 0.717) is 4.47 Å². The van der Waals surface area contributed by atoms with Crippen molar-refractivity contribution in [2.45, 2.75) is 11.3 Å². The molecule has 18 heavy (non-hydrogen) atoms. The molecular weight excluding hydrogens is 392 g/mol. The Kier molecular flexibility index (Phi) is 3.58. The smallest absolute Gasteiger partial charge is 0.282 e. The summed E-state index contributed by atoms with van der Waals surface area (Å²) >= 11 is 6.28. The number of hydrogen-bond acceptors (Lipinski definition) is 4. The van der Waals surface area contributed by atoms with Crippen molar-refractivity contribution in [2.75, 3.05) is 5.01 Å². The Bertz CT molecular complexity index is 657. The van der Waals surface area contributed by atoms with Gasteiger partial charge in [0.2, 0.25) is 0 Å². The summed E-state index contributed by atoms with van der Waals surface area (Å²) in [6.07, 6.45) is 1.57. The first kappa shape index (κ1) is 13.7. The van der Waals surface area contributed by atoms with E-state index in [2.05, 4.69) is 37.0 Å². The van der Waals surface area contributed by atoms with Crippen LogP contribution < -0.4 is 5.01 Å². The first-order chi connectivity index (χ1) is 8.32. The number of amides is 1. The lowest BCUT2D eigenvalue weighted by Crippen LogP contribution is -2.21. The first-order valence-corrected chi connectivity index (χ1v) is 7.66. The summed E-state index contributed by atoms with van der Waals surface area (Å²) in [5, 5.41) is 4.93. The van der Waals surface area contributed by atoms with Gasteiger partial charge in [0.05, 0.1) is 16.6 Å². The Morgan fingerprint density at radius 3 is 2.50 bits per heavy atom. The van der Waals surface area contributed by atoms with Gasteiger partial charge in [-0.25, -0.2) is 0 Å². The summed E-state index contributed by atoms with van der Waals surface area (Å²) in [4.78, 5) is 11.3. The molecule has 96 valence electrons. The molecule has 2 rings (SSSR count). The highest BCUT2D eigenvalue weighted by Gasteiger charge is 2.27. The average molecular weight is 398 g/mol. The Balaban J connectivity index is 2.67. The van der Waals surface area contributed by atoms with Crippen molar-refractivity contribution < 1.29 is 17.8 Å². The molecule has 0 radical (unpaired) electrons. The molecule has 0 atom stereocenters. The van der Waals surface area contributed by atoms with Crippen molar-refractivity contribution in [2.24, 2.45) is 5.10 Å². The zero-order valence-electron chi connectivity index (χ0n) is 8.67. The normalized spacial score (nSPS) is 15.5. The van der Waals surface area contributed by atoms with E-state index < -0.39 is 10.1 Å². The summed E-state index contributed by atoms with van der Waals surface area (Å²) < 4.78 is 32.0. The van der Waals surface area contributed by atoms with E-state index in [-0.39, 0.29) is 27.4 Å². The molecule has 1 aromatic rings. The maximum Gasteiger partial charge on any atom is 0.295 e. The van der Waals surface area contributed by atoms with Crippen LogP contribution in [0.3, 0.4) is 0 Å². The summed E-state index contributed by atoms with van der Waals surface area (Å²) in [6, 6.07) is 2.64. The predicted octanol–water partition coefficient (Wildman–Crippen LogP) is 2.18. The minimum Gasteiger partial charge on any atom is -0.282 e. The fraction of sp³-hybridized carbons (Fsp3) is 0.111. The Morgan fingerprint density at radius 2 is 2.00 bits per heavy atom. The fourth-order valence-electron chi connectivity index (χ4n) is 1.45. The maximum absolute atomic E-state index is 11.6. The highest BCUT2D eigenvalue weighted by molar-refractivity contribution is 9.11. The van der Waals surface area contributed by atoms with Crippen molar-refractivity contribution in [3.63, 3.8) is 0 Å². The molecule has 1 aromatic carbocycles. The van der Waals surface area contributed by atoms with Gasteiger partial charge in [-0.1, -0.05) is 0 Å². The lowest BCUT2D eigenvalue weighted by molar-refractivity contribution is -0.116. The number of anilines is 1. The molecule has 0 fully saturated rings. The number of carbonyl (C=O) groups excluding carboxylic acids is 1. The van der Waals surface area contributed by atoms with Crippen molar-refractivity contribution in [3.8, 4) is 0 Å². The maximum atomic E-state index is 11.6. The third-order valence-electron chi connectivity index (χ3n) is 2.22. The number of carbonyl (C=O) groups is 1. The molecule has 1 N–H and O–H groups in total. The van der Waals surface area contributed by atoms with Crippen molar-refractivity contribution in [1.29, 1.82) is 0 Å². The van der Waals surface area contributed by atoms with E-state index in [0.717, 1.165) is 5.01 Å². The zero-order chi connectivity index (χ0) is 13.5. The van der Waals surface area contributed by atoms with Crippen LogP contribution in [0.1, 0.15) is 6.42 Å². The van der Waals surface area contributed by atoms with Gasteiger partial charge in [-0.15, -0.1) is 0 Å². The van der Waals surface area contributed by atoms with E-state index in [9.17, 15) is 13.2 Å². The zero-order valence-corrected chi connectivity index (χ0v) is 12.7. The molecule has 9 heteroatoms. The first-order valence-electron chi connectivity index (χ1n) is 4.63. The molecule has 1 heterocycles. The molecule has 0 unspecified atom stereocenters. The van der Waals surface area contributed by atoms with Gasteiger partial charge in [0, 0.05) is 10.7 Å². The Morgan fingerprint density at radius 1 is 1.33 bits per heavy atom. The quantitative estimate of drug-likeness (QED) is 0.774. The van der Waals surface area contributed by atoms with Gasteiger partial charge >= 0.3 is 0 Å². The SMILES string of the molecule is O=C1CC=NN1c1c(Br)ccc(S(=O)(=O)O)c1Br. The van der Waals surface area contributed by atoms with Crippen molar-refractivity contribution in [3.05, 3.63) is 21.1 Å². The van der Waals surface area contributed by atoms with Gasteiger partial charge in [-0.05, 0) is 44.0 Å². The summed E-state index contributed by atoms with van der Waals surface area (Å²) in [6.45, 7) is 0. The second kappa shape index (κ2) is 4.72. The highest BCUT2D eigenvalue weighted by Crippen LogP contribution is 2.39. The van der Waals surface area contributed by atoms with Gasteiger partial charge in [0.1, 0.15) is 4.90 Å². The molecular formula is C9H6Br2N2O4S.